The van der Waals surface area contributed by atoms with Crippen molar-refractivity contribution in [1.29, 1.82) is 0 Å². The standard InChI is InChI=1S/C11H10BrClN4/c1-6-15-10(14)5-11(16-6)17-9-3-7(12)2-8(13)4-9/h2-5H,1H3,(H3,14,15,16,17). The SMILES string of the molecule is Cc1nc(N)cc(Nc2cc(Cl)cc(Br)c2)n1. The van der Waals surface area contributed by atoms with E-state index >= 15 is 0 Å². The normalized spacial score (nSPS) is 10.3. The van der Waals surface area contributed by atoms with Crippen LogP contribution in [0, 0.1) is 6.92 Å². The number of nitrogens with two attached hydrogens (primary N) is 1. The number of anilines is 3. The predicted molar refractivity (Wildman–Crippen MR) is 73.6 cm³/mol. The molecular formula is C11H10BrClN4. The summed E-state index contributed by atoms with van der Waals surface area (Å²) in [5, 5.41) is 3.76. The molecule has 2 aromatic rings. The third-order valence-electron chi connectivity index (χ3n) is 1.99. The molecule has 0 spiro atoms. The number of aromatic nitrogens is 2. The minimum absolute atomic E-state index is 0.432. The van der Waals surface area contributed by atoms with Crippen LogP contribution in [0.15, 0.2) is 28.7 Å². The number of nitrogens with zero attached hydrogens (tertiary/aromatic N) is 2. The molecule has 6 heteroatoms. The van der Waals surface area contributed by atoms with Crippen molar-refractivity contribution in [2.45, 2.75) is 6.92 Å². The number of hydrogen-bond donors (Lipinski definition) is 2. The zero-order valence-corrected chi connectivity index (χ0v) is 11.4. The molecule has 0 aliphatic heterocycles. The van der Waals surface area contributed by atoms with Crippen molar-refractivity contribution in [2.24, 2.45) is 0 Å². The molecule has 88 valence electrons. The van der Waals surface area contributed by atoms with Crippen LogP contribution in [0.3, 0.4) is 0 Å². The van der Waals surface area contributed by atoms with Crippen molar-refractivity contribution in [3.8, 4) is 0 Å². The van der Waals surface area contributed by atoms with E-state index in [0.717, 1.165) is 10.2 Å². The fraction of sp³-hybridized carbons (Fsp3) is 0.0909. The first-order valence-corrected chi connectivity index (χ1v) is 6.04. The van der Waals surface area contributed by atoms with E-state index in [2.05, 4.69) is 31.2 Å². The molecule has 17 heavy (non-hydrogen) atoms. The lowest BCUT2D eigenvalue weighted by Crippen LogP contribution is -2.00. The van der Waals surface area contributed by atoms with Crippen LogP contribution >= 0.6 is 27.5 Å². The molecule has 1 aromatic heterocycles. The molecule has 0 amide bonds. The Morgan fingerprint density at radius 1 is 1.24 bits per heavy atom. The number of hydrogen-bond acceptors (Lipinski definition) is 4. The Morgan fingerprint density at radius 2 is 2.00 bits per heavy atom. The maximum atomic E-state index is 5.95. The lowest BCUT2D eigenvalue weighted by atomic mass is 10.3. The van der Waals surface area contributed by atoms with Crippen LogP contribution in [0.1, 0.15) is 5.82 Å². The van der Waals surface area contributed by atoms with Gasteiger partial charge in [0.2, 0.25) is 0 Å². The number of benzene rings is 1. The fourth-order valence-electron chi connectivity index (χ4n) is 1.43. The minimum atomic E-state index is 0.432. The second-order valence-electron chi connectivity index (χ2n) is 3.51. The van der Waals surface area contributed by atoms with E-state index in [1.807, 2.05) is 12.1 Å². The molecule has 2 rings (SSSR count). The van der Waals surface area contributed by atoms with Gasteiger partial charge in [-0.05, 0) is 25.1 Å². The van der Waals surface area contributed by atoms with Crippen molar-refractivity contribution in [2.75, 3.05) is 11.1 Å². The second kappa shape index (κ2) is 4.89. The van der Waals surface area contributed by atoms with Crippen molar-refractivity contribution in [1.82, 2.24) is 9.97 Å². The van der Waals surface area contributed by atoms with Gasteiger partial charge in [0, 0.05) is 21.2 Å². The molecule has 3 N–H and O–H groups in total. The summed E-state index contributed by atoms with van der Waals surface area (Å²) in [5.41, 5.74) is 6.48. The lowest BCUT2D eigenvalue weighted by Gasteiger charge is -2.08. The van der Waals surface area contributed by atoms with Crippen LogP contribution < -0.4 is 11.1 Å². The largest absolute Gasteiger partial charge is 0.384 e. The fourth-order valence-corrected chi connectivity index (χ4v) is 2.29. The smallest absolute Gasteiger partial charge is 0.136 e. The van der Waals surface area contributed by atoms with Gasteiger partial charge in [0.15, 0.2) is 0 Å². The first kappa shape index (κ1) is 12.1. The second-order valence-corrected chi connectivity index (χ2v) is 4.86. The average Bonchev–Trinajstić information content (AvgIpc) is 2.13. The Morgan fingerprint density at radius 3 is 2.65 bits per heavy atom. The molecule has 0 bridgehead atoms. The molecule has 1 aromatic carbocycles. The van der Waals surface area contributed by atoms with Crippen molar-refractivity contribution in [3.05, 3.63) is 39.6 Å². The highest BCUT2D eigenvalue weighted by Gasteiger charge is 2.02. The molecule has 4 nitrogen and oxygen atoms in total. The number of aryl methyl sites for hydroxylation is 1. The van der Waals surface area contributed by atoms with Crippen LogP contribution in [0.5, 0.6) is 0 Å². The van der Waals surface area contributed by atoms with E-state index in [0.29, 0.717) is 22.5 Å². The van der Waals surface area contributed by atoms with Crippen LogP contribution in [0.25, 0.3) is 0 Å². The van der Waals surface area contributed by atoms with Gasteiger partial charge in [-0.3, -0.25) is 0 Å². The Kier molecular flexibility index (Phi) is 3.49. The molecule has 0 aliphatic carbocycles. The summed E-state index contributed by atoms with van der Waals surface area (Å²) in [7, 11) is 0. The molecule has 0 aliphatic rings. The van der Waals surface area contributed by atoms with Crippen molar-refractivity contribution >= 4 is 44.9 Å². The van der Waals surface area contributed by atoms with Gasteiger partial charge in [0.05, 0.1) is 0 Å². The van der Waals surface area contributed by atoms with E-state index in [1.165, 1.54) is 0 Å². The van der Waals surface area contributed by atoms with Crippen LogP contribution in [-0.4, -0.2) is 9.97 Å². The quantitative estimate of drug-likeness (QED) is 0.890. The van der Waals surface area contributed by atoms with Crippen LogP contribution in [-0.2, 0) is 0 Å². The Bertz CT molecular complexity index is 469. The first-order valence-electron chi connectivity index (χ1n) is 4.87. The van der Waals surface area contributed by atoms with Crippen molar-refractivity contribution in [3.63, 3.8) is 0 Å². The van der Waals surface area contributed by atoms with Gasteiger partial charge in [0.25, 0.3) is 0 Å². The molecular weight excluding hydrogens is 304 g/mol. The monoisotopic (exact) mass is 312 g/mol. The van der Waals surface area contributed by atoms with Crippen LogP contribution in [0.4, 0.5) is 17.3 Å². The average molecular weight is 314 g/mol. The Hall–Kier alpha value is -1.33. The van der Waals surface area contributed by atoms with Gasteiger partial charge in [-0.15, -0.1) is 0 Å². The Balaban J connectivity index is 2.31. The van der Waals surface area contributed by atoms with Crippen LogP contribution in [0.2, 0.25) is 5.02 Å². The van der Waals surface area contributed by atoms with Crippen molar-refractivity contribution < 1.29 is 0 Å². The van der Waals surface area contributed by atoms with Gasteiger partial charge in [-0.1, -0.05) is 27.5 Å². The molecule has 1 heterocycles. The summed E-state index contributed by atoms with van der Waals surface area (Å²) in [6, 6.07) is 7.19. The third-order valence-corrected chi connectivity index (χ3v) is 2.67. The maximum absolute atomic E-state index is 5.95. The summed E-state index contributed by atoms with van der Waals surface area (Å²) in [6.07, 6.45) is 0. The van der Waals surface area contributed by atoms with Gasteiger partial charge in [0.1, 0.15) is 17.5 Å². The maximum Gasteiger partial charge on any atom is 0.136 e. The number of halogens is 2. The van der Waals surface area contributed by atoms with Gasteiger partial charge < -0.3 is 11.1 Å². The van der Waals surface area contributed by atoms with E-state index in [9.17, 15) is 0 Å². The zero-order chi connectivity index (χ0) is 12.4. The van der Waals surface area contributed by atoms with E-state index in [-0.39, 0.29) is 0 Å². The first-order chi connectivity index (χ1) is 8.02. The van der Waals surface area contributed by atoms with Gasteiger partial charge in [-0.2, -0.15) is 0 Å². The minimum Gasteiger partial charge on any atom is -0.384 e. The molecule has 0 fully saturated rings. The summed E-state index contributed by atoms with van der Waals surface area (Å²) < 4.78 is 0.895. The van der Waals surface area contributed by atoms with Gasteiger partial charge >= 0.3 is 0 Å². The molecule has 0 saturated carbocycles. The van der Waals surface area contributed by atoms with E-state index in [1.54, 1.807) is 19.1 Å². The number of nitrogen functional groups attached to an aromatic ring is 1. The highest BCUT2D eigenvalue weighted by atomic mass is 79.9. The highest BCUT2D eigenvalue weighted by molar-refractivity contribution is 9.10. The predicted octanol–water partition coefficient (Wildman–Crippen LogP) is 3.53. The third kappa shape index (κ3) is 3.31. The lowest BCUT2D eigenvalue weighted by molar-refractivity contribution is 1.06. The number of nitrogens with one attached hydrogen (secondary N) is 1. The van der Waals surface area contributed by atoms with E-state index in [4.69, 9.17) is 17.3 Å². The molecule has 0 atom stereocenters. The summed E-state index contributed by atoms with van der Waals surface area (Å²) in [6.45, 7) is 1.79. The molecule has 0 unspecified atom stereocenters. The van der Waals surface area contributed by atoms with Gasteiger partial charge in [-0.25, -0.2) is 9.97 Å². The summed E-state index contributed by atoms with van der Waals surface area (Å²) >= 11 is 9.32. The molecule has 0 saturated heterocycles. The summed E-state index contributed by atoms with van der Waals surface area (Å²) in [5.74, 6) is 1.69. The molecule has 0 radical (unpaired) electrons. The topological polar surface area (TPSA) is 63.8 Å². The van der Waals surface area contributed by atoms with E-state index < -0.39 is 0 Å². The zero-order valence-electron chi connectivity index (χ0n) is 9.04. The highest BCUT2D eigenvalue weighted by Crippen LogP contribution is 2.25. The Labute approximate surface area is 112 Å². The summed E-state index contributed by atoms with van der Waals surface area (Å²) in [4.78, 5) is 8.23. The number of rotatable bonds is 2.